The zero-order chi connectivity index (χ0) is 11.4. The van der Waals surface area contributed by atoms with Gasteiger partial charge in [-0.15, -0.1) is 0 Å². The molecular formula is C4H10N2O8. The van der Waals surface area contributed by atoms with Crippen LogP contribution in [0.15, 0.2) is 0 Å². The van der Waals surface area contributed by atoms with Crippen molar-refractivity contribution in [3.05, 3.63) is 0 Å². The molecule has 0 aromatic rings. The number of rotatable bonds is 0. The second-order valence-corrected chi connectivity index (χ2v) is 2.94. The Bertz CT molecular complexity index is 198. The fourth-order valence-electron chi connectivity index (χ4n) is 0.835. The first kappa shape index (κ1) is 11.7. The highest BCUT2D eigenvalue weighted by atomic mass is 16.7. The lowest BCUT2D eigenvalue weighted by atomic mass is 10.2. The molecule has 84 valence electrons. The molecule has 1 aliphatic heterocycles. The van der Waals surface area contributed by atoms with Crippen LogP contribution in [0, 0.1) is 0 Å². The molecule has 0 bridgehead atoms. The number of hydrogen-bond donors (Lipinski definition) is 10. The smallest absolute Gasteiger partial charge is 0.299 e. The van der Waals surface area contributed by atoms with Crippen LogP contribution in [-0.2, 0) is 0 Å². The maximum absolute atomic E-state index is 8.81. The minimum absolute atomic E-state index is 0.972. The molecule has 10 heteroatoms. The summed E-state index contributed by atoms with van der Waals surface area (Å²) >= 11 is 0. The van der Waals surface area contributed by atoms with Crippen molar-refractivity contribution in [1.82, 2.24) is 10.6 Å². The second kappa shape index (κ2) is 2.59. The SMILES string of the molecule is OC1(O)NC(O)(O)C(O)(O)NC1(O)O. The summed E-state index contributed by atoms with van der Waals surface area (Å²) in [6.45, 7) is 0. The van der Waals surface area contributed by atoms with Gasteiger partial charge in [-0.1, -0.05) is 0 Å². The Morgan fingerprint density at radius 1 is 0.429 bits per heavy atom. The van der Waals surface area contributed by atoms with Crippen LogP contribution in [0.25, 0.3) is 0 Å². The molecule has 10 N–H and O–H groups in total. The van der Waals surface area contributed by atoms with Gasteiger partial charge in [-0.05, 0) is 0 Å². The Morgan fingerprint density at radius 3 is 0.714 bits per heavy atom. The third-order valence-electron chi connectivity index (χ3n) is 1.67. The molecule has 1 rings (SSSR count). The molecule has 0 aromatic carbocycles. The molecule has 0 aliphatic carbocycles. The maximum atomic E-state index is 8.81. The third kappa shape index (κ3) is 1.49. The van der Waals surface area contributed by atoms with Gasteiger partial charge in [0.25, 0.3) is 23.6 Å². The largest absolute Gasteiger partial charge is 0.348 e. The fourth-order valence-corrected chi connectivity index (χ4v) is 0.835. The van der Waals surface area contributed by atoms with Crippen LogP contribution in [-0.4, -0.2) is 64.5 Å². The van der Waals surface area contributed by atoms with Crippen molar-refractivity contribution < 1.29 is 40.9 Å². The van der Waals surface area contributed by atoms with Crippen LogP contribution >= 0.6 is 0 Å². The number of aliphatic hydroxyl groups is 8. The molecule has 1 fully saturated rings. The first-order chi connectivity index (χ1) is 5.91. The second-order valence-electron chi connectivity index (χ2n) is 2.94. The average Bonchev–Trinajstić information content (AvgIpc) is 1.78. The molecule has 0 spiro atoms. The Hall–Kier alpha value is -0.400. The van der Waals surface area contributed by atoms with E-state index in [1.165, 1.54) is 0 Å². The van der Waals surface area contributed by atoms with E-state index in [1.54, 1.807) is 0 Å². The van der Waals surface area contributed by atoms with E-state index in [9.17, 15) is 0 Å². The summed E-state index contributed by atoms with van der Waals surface area (Å²) in [5.74, 6) is -14.4. The van der Waals surface area contributed by atoms with E-state index in [0.717, 1.165) is 10.6 Å². The van der Waals surface area contributed by atoms with E-state index in [1.807, 2.05) is 0 Å². The van der Waals surface area contributed by atoms with Crippen LogP contribution in [0.4, 0.5) is 0 Å². The summed E-state index contributed by atoms with van der Waals surface area (Å²) in [7, 11) is 0. The van der Waals surface area contributed by atoms with Gasteiger partial charge in [-0.3, -0.25) is 0 Å². The van der Waals surface area contributed by atoms with Crippen molar-refractivity contribution >= 4 is 0 Å². The maximum Gasteiger partial charge on any atom is 0.299 e. The first-order valence-electron chi connectivity index (χ1n) is 3.29. The van der Waals surface area contributed by atoms with Crippen LogP contribution < -0.4 is 10.6 Å². The van der Waals surface area contributed by atoms with E-state index in [4.69, 9.17) is 40.9 Å². The summed E-state index contributed by atoms with van der Waals surface area (Å²) in [5, 5.41) is 72.4. The minimum atomic E-state index is -3.61. The van der Waals surface area contributed by atoms with Gasteiger partial charge in [0.05, 0.1) is 0 Å². The average molecular weight is 214 g/mol. The Labute approximate surface area is 76.3 Å². The van der Waals surface area contributed by atoms with Gasteiger partial charge in [0.15, 0.2) is 0 Å². The standard InChI is InChI=1S/C4H10N2O8/c7-1(8)2(9,10)6-4(13,14)3(11,12)5-1/h5-14H. The van der Waals surface area contributed by atoms with Crippen molar-refractivity contribution in [2.24, 2.45) is 0 Å². The van der Waals surface area contributed by atoms with Gasteiger partial charge < -0.3 is 40.9 Å². The lowest BCUT2D eigenvalue weighted by Crippen LogP contribution is -2.89. The molecule has 0 amide bonds. The first-order valence-corrected chi connectivity index (χ1v) is 3.29. The van der Waals surface area contributed by atoms with Crippen LogP contribution in [0.1, 0.15) is 0 Å². The van der Waals surface area contributed by atoms with Gasteiger partial charge in [0, 0.05) is 0 Å². The summed E-state index contributed by atoms with van der Waals surface area (Å²) in [4.78, 5) is 0. The Morgan fingerprint density at radius 2 is 0.571 bits per heavy atom. The normalized spacial score (nSPS) is 32.6. The molecule has 1 aliphatic rings. The van der Waals surface area contributed by atoms with Crippen molar-refractivity contribution in [1.29, 1.82) is 0 Å². The van der Waals surface area contributed by atoms with E-state index in [-0.39, 0.29) is 0 Å². The van der Waals surface area contributed by atoms with E-state index in [0.29, 0.717) is 0 Å². The zero-order valence-electron chi connectivity index (χ0n) is 6.58. The number of hydrogen-bond acceptors (Lipinski definition) is 10. The number of nitrogens with one attached hydrogen (secondary N) is 2. The lowest BCUT2D eigenvalue weighted by Gasteiger charge is -2.50. The van der Waals surface area contributed by atoms with Gasteiger partial charge in [-0.25, -0.2) is 10.6 Å². The molecule has 0 atom stereocenters. The highest BCUT2D eigenvalue weighted by Crippen LogP contribution is 2.26. The van der Waals surface area contributed by atoms with Gasteiger partial charge in [0.1, 0.15) is 0 Å². The van der Waals surface area contributed by atoms with Crippen molar-refractivity contribution in [2.45, 2.75) is 23.6 Å². The molecule has 0 unspecified atom stereocenters. The van der Waals surface area contributed by atoms with Crippen molar-refractivity contribution in [2.75, 3.05) is 0 Å². The highest BCUT2D eigenvalue weighted by molar-refractivity contribution is 4.95. The molecule has 1 heterocycles. The molecule has 0 saturated carbocycles. The van der Waals surface area contributed by atoms with Crippen LogP contribution in [0.3, 0.4) is 0 Å². The van der Waals surface area contributed by atoms with E-state index < -0.39 is 23.6 Å². The number of piperazine rings is 1. The van der Waals surface area contributed by atoms with E-state index >= 15 is 0 Å². The van der Waals surface area contributed by atoms with Crippen molar-refractivity contribution in [3.63, 3.8) is 0 Å². The Kier molecular flexibility index (Phi) is 2.16. The monoisotopic (exact) mass is 214 g/mol. The minimum Gasteiger partial charge on any atom is -0.348 e. The van der Waals surface area contributed by atoms with Gasteiger partial charge >= 0.3 is 0 Å². The summed E-state index contributed by atoms with van der Waals surface area (Å²) in [5.41, 5.74) is 0. The topological polar surface area (TPSA) is 186 Å². The predicted molar refractivity (Wildman–Crippen MR) is 34.9 cm³/mol. The van der Waals surface area contributed by atoms with E-state index in [2.05, 4.69) is 0 Å². The van der Waals surface area contributed by atoms with Crippen LogP contribution in [0.5, 0.6) is 0 Å². The molecular weight excluding hydrogens is 204 g/mol. The quantitative estimate of drug-likeness (QED) is 0.174. The molecule has 14 heavy (non-hydrogen) atoms. The summed E-state index contributed by atoms with van der Waals surface area (Å²) in [6.07, 6.45) is 0. The molecule has 0 aromatic heterocycles. The molecule has 1 saturated heterocycles. The van der Waals surface area contributed by atoms with Crippen LogP contribution in [0.2, 0.25) is 0 Å². The van der Waals surface area contributed by atoms with Gasteiger partial charge in [-0.2, -0.15) is 0 Å². The molecule has 10 nitrogen and oxygen atoms in total. The summed E-state index contributed by atoms with van der Waals surface area (Å²) < 4.78 is 0. The Balaban J connectivity index is 3.07. The van der Waals surface area contributed by atoms with Gasteiger partial charge in [0.2, 0.25) is 0 Å². The third-order valence-corrected chi connectivity index (χ3v) is 1.67. The van der Waals surface area contributed by atoms with Crippen molar-refractivity contribution in [3.8, 4) is 0 Å². The highest BCUT2D eigenvalue weighted by Gasteiger charge is 2.67. The fraction of sp³-hybridized carbons (Fsp3) is 1.00. The summed E-state index contributed by atoms with van der Waals surface area (Å²) in [6, 6.07) is 0. The lowest BCUT2D eigenvalue weighted by molar-refractivity contribution is -0.510. The predicted octanol–water partition coefficient (Wildman–Crippen LogP) is -6.27. The zero-order valence-corrected chi connectivity index (χ0v) is 6.58. The molecule has 0 radical (unpaired) electrons.